The summed E-state index contributed by atoms with van der Waals surface area (Å²) in [5, 5.41) is 11.6. The zero-order chi connectivity index (χ0) is 11.4. The van der Waals surface area contributed by atoms with Crippen LogP contribution >= 0.6 is 0 Å². The average Bonchev–Trinajstić information content (AvgIpc) is 2.65. The SMILES string of the molecule is CC[C@H](N)C(=O)NC1CCC(C(=O)O)C1. The van der Waals surface area contributed by atoms with Crippen molar-refractivity contribution in [1.82, 2.24) is 5.32 Å². The van der Waals surface area contributed by atoms with E-state index in [4.69, 9.17) is 10.8 Å². The molecule has 0 spiro atoms. The monoisotopic (exact) mass is 214 g/mol. The van der Waals surface area contributed by atoms with Crippen molar-refractivity contribution < 1.29 is 14.7 Å². The van der Waals surface area contributed by atoms with Crippen molar-refractivity contribution in [3.8, 4) is 0 Å². The minimum Gasteiger partial charge on any atom is -0.481 e. The predicted molar refractivity (Wildman–Crippen MR) is 55.2 cm³/mol. The number of carboxylic acid groups (broad SMARTS) is 1. The molecule has 0 heterocycles. The highest BCUT2D eigenvalue weighted by molar-refractivity contribution is 5.81. The normalized spacial score (nSPS) is 27.3. The number of carboxylic acids is 1. The first kappa shape index (κ1) is 12.0. The molecule has 1 rings (SSSR count). The first-order chi connectivity index (χ1) is 7.04. The number of nitrogens with one attached hydrogen (secondary N) is 1. The van der Waals surface area contributed by atoms with Crippen molar-refractivity contribution in [2.45, 2.75) is 44.7 Å². The van der Waals surface area contributed by atoms with E-state index in [1.807, 2.05) is 6.92 Å². The molecule has 15 heavy (non-hydrogen) atoms. The summed E-state index contributed by atoms with van der Waals surface area (Å²) in [6.07, 6.45) is 2.50. The second-order valence-corrected chi connectivity index (χ2v) is 4.07. The van der Waals surface area contributed by atoms with Gasteiger partial charge in [-0.05, 0) is 25.7 Å². The third-order valence-corrected chi connectivity index (χ3v) is 2.90. The van der Waals surface area contributed by atoms with Gasteiger partial charge in [0.05, 0.1) is 12.0 Å². The zero-order valence-electron chi connectivity index (χ0n) is 8.90. The molecule has 0 aliphatic heterocycles. The number of rotatable bonds is 4. The van der Waals surface area contributed by atoms with Crippen molar-refractivity contribution in [3.05, 3.63) is 0 Å². The largest absolute Gasteiger partial charge is 0.481 e. The maximum Gasteiger partial charge on any atom is 0.306 e. The summed E-state index contributed by atoms with van der Waals surface area (Å²) in [6, 6.07) is -0.495. The van der Waals surface area contributed by atoms with E-state index in [2.05, 4.69) is 5.32 Å². The summed E-state index contributed by atoms with van der Waals surface area (Å²) in [7, 11) is 0. The Labute approximate surface area is 89.0 Å². The Morgan fingerprint density at radius 1 is 1.53 bits per heavy atom. The van der Waals surface area contributed by atoms with Gasteiger partial charge in [-0.25, -0.2) is 0 Å². The van der Waals surface area contributed by atoms with Crippen LogP contribution < -0.4 is 11.1 Å². The molecule has 1 saturated carbocycles. The molecule has 5 nitrogen and oxygen atoms in total. The van der Waals surface area contributed by atoms with Gasteiger partial charge in [0.1, 0.15) is 0 Å². The Balaban J connectivity index is 2.36. The molecular weight excluding hydrogens is 196 g/mol. The molecule has 86 valence electrons. The number of hydrogen-bond donors (Lipinski definition) is 3. The van der Waals surface area contributed by atoms with Gasteiger partial charge in [-0.1, -0.05) is 6.92 Å². The highest BCUT2D eigenvalue weighted by Gasteiger charge is 2.31. The summed E-state index contributed by atoms with van der Waals surface area (Å²) < 4.78 is 0. The maximum atomic E-state index is 11.4. The van der Waals surface area contributed by atoms with Gasteiger partial charge >= 0.3 is 5.97 Å². The van der Waals surface area contributed by atoms with Crippen LogP contribution in [0.5, 0.6) is 0 Å². The molecule has 0 aromatic rings. The first-order valence-corrected chi connectivity index (χ1v) is 5.33. The number of amides is 1. The minimum absolute atomic E-state index is 0.0174. The van der Waals surface area contributed by atoms with Crippen LogP contribution in [0.4, 0.5) is 0 Å². The van der Waals surface area contributed by atoms with E-state index in [1.165, 1.54) is 0 Å². The fraction of sp³-hybridized carbons (Fsp3) is 0.800. The lowest BCUT2D eigenvalue weighted by Gasteiger charge is -2.15. The third kappa shape index (κ3) is 3.20. The van der Waals surface area contributed by atoms with Crippen LogP contribution in [0.15, 0.2) is 0 Å². The summed E-state index contributed by atoms with van der Waals surface area (Å²) in [5.41, 5.74) is 5.56. The van der Waals surface area contributed by atoms with Crippen LogP contribution in [0.1, 0.15) is 32.6 Å². The van der Waals surface area contributed by atoms with Crippen molar-refractivity contribution in [3.63, 3.8) is 0 Å². The predicted octanol–water partition coefficient (Wildman–Crippen LogP) is 0.0932. The number of carbonyl (C=O) groups is 2. The minimum atomic E-state index is -0.772. The van der Waals surface area contributed by atoms with Gasteiger partial charge in [-0.15, -0.1) is 0 Å². The number of carbonyl (C=O) groups excluding carboxylic acids is 1. The first-order valence-electron chi connectivity index (χ1n) is 5.33. The van der Waals surface area contributed by atoms with Crippen LogP contribution in [-0.2, 0) is 9.59 Å². The van der Waals surface area contributed by atoms with Crippen LogP contribution in [0.3, 0.4) is 0 Å². The molecule has 0 aromatic heterocycles. The molecule has 1 aliphatic carbocycles. The molecule has 0 bridgehead atoms. The quantitative estimate of drug-likeness (QED) is 0.618. The lowest BCUT2D eigenvalue weighted by Crippen LogP contribution is -2.44. The number of hydrogen-bond acceptors (Lipinski definition) is 3. The van der Waals surface area contributed by atoms with E-state index in [1.54, 1.807) is 0 Å². The Kier molecular flexibility index (Phi) is 4.08. The molecule has 4 N–H and O–H groups in total. The van der Waals surface area contributed by atoms with E-state index in [0.717, 1.165) is 6.42 Å². The molecule has 0 aromatic carbocycles. The zero-order valence-corrected chi connectivity index (χ0v) is 8.90. The standard InChI is InChI=1S/C10H18N2O3/c1-2-8(11)9(13)12-7-4-3-6(5-7)10(14)15/h6-8H,2-5,11H2,1H3,(H,12,13)(H,14,15)/t6?,7?,8-/m0/s1. The van der Waals surface area contributed by atoms with Gasteiger partial charge in [0.15, 0.2) is 0 Å². The summed E-state index contributed by atoms with van der Waals surface area (Å²) >= 11 is 0. The highest BCUT2D eigenvalue weighted by atomic mass is 16.4. The van der Waals surface area contributed by atoms with Crippen molar-refractivity contribution >= 4 is 11.9 Å². The van der Waals surface area contributed by atoms with E-state index in [0.29, 0.717) is 19.3 Å². The molecule has 1 fully saturated rings. The lowest BCUT2D eigenvalue weighted by molar-refractivity contribution is -0.141. The average molecular weight is 214 g/mol. The fourth-order valence-electron chi connectivity index (χ4n) is 1.83. The second kappa shape index (κ2) is 5.11. The van der Waals surface area contributed by atoms with Gasteiger partial charge in [0.2, 0.25) is 5.91 Å². The van der Waals surface area contributed by atoms with Gasteiger partial charge in [-0.3, -0.25) is 9.59 Å². The summed E-state index contributed by atoms with van der Waals surface area (Å²) in [6.45, 7) is 1.85. The van der Waals surface area contributed by atoms with Crippen LogP contribution in [0.2, 0.25) is 0 Å². The van der Waals surface area contributed by atoms with Crippen LogP contribution in [0, 0.1) is 5.92 Å². The van der Waals surface area contributed by atoms with E-state index in [9.17, 15) is 9.59 Å². The fourth-order valence-corrected chi connectivity index (χ4v) is 1.83. The molecule has 0 radical (unpaired) electrons. The number of nitrogens with two attached hydrogens (primary N) is 1. The molecular formula is C10H18N2O3. The van der Waals surface area contributed by atoms with Gasteiger partial charge in [0, 0.05) is 6.04 Å². The van der Waals surface area contributed by atoms with Gasteiger partial charge < -0.3 is 16.2 Å². The van der Waals surface area contributed by atoms with E-state index in [-0.39, 0.29) is 17.9 Å². The van der Waals surface area contributed by atoms with Crippen LogP contribution in [-0.4, -0.2) is 29.1 Å². The number of aliphatic carboxylic acids is 1. The summed E-state index contributed by atoms with van der Waals surface area (Å²) in [5.74, 6) is -1.26. The molecule has 3 atom stereocenters. The molecule has 1 amide bonds. The van der Waals surface area contributed by atoms with Gasteiger partial charge in [0.25, 0.3) is 0 Å². The maximum absolute atomic E-state index is 11.4. The Bertz CT molecular complexity index is 255. The Hall–Kier alpha value is -1.10. The van der Waals surface area contributed by atoms with Crippen molar-refractivity contribution in [1.29, 1.82) is 0 Å². The molecule has 0 saturated heterocycles. The molecule has 2 unspecified atom stereocenters. The Morgan fingerprint density at radius 2 is 2.20 bits per heavy atom. The topological polar surface area (TPSA) is 92.4 Å². The van der Waals surface area contributed by atoms with Gasteiger partial charge in [-0.2, -0.15) is 0 Å². The molecule has 5 heteroatoms. The smallest absolute Gasteiger partial charge is 0.306 e. The van der Waals surface area contributed by atoms with Crippen LogP contribution in [0.25, 0.3) is 0 Å². The van der Waals surface area contributed by atoms with Crippen molar-refractivity contribution in [2.75, 3.05) is 0 Å². The van der Waals surface area contributed by atoms with Crippen molar-refractivity contribution in [2.24, 2.45) is 11.7 Å². The highest BCUT2D eigenvalue weighted by Crippen LogP contribution is 2.25. The summed E-state index contributed by atoms with van der Waals surface area (Å²) in [4.78, 5) is 22.1. The Morgan fingerprint density at radius 3 is 2.67 bits per heavy atom. The van der Waals surface area contributed by atoms with E-state index < -0.39 is 12.0 Å². The lowest BCUT2D eigenvalue weighted by atomic mass is 10.1. The van der Waals surface area contributed by atoms with E-state index >= 15 is 0 Å². The second-order valence-electron chi connectivity index (χ2n) is 4.07. The molecule has 1 aliphatic rings. The third-order valence-electron chi connectivity index (χ3n) is 2.90.